The highest BCUT2D eigenvalue weighted by molar-refractivity contribution is 7.89. The number of esters is 1. The molecule has 1 aliphatic rings. The molecule has 1 fully saturated rings. The predicted molar refractivity (Wildman–Crippen MR) is 94.8 cm³/mol. The van der Waals surface area contributed by atoms with Crippen LogP contribution in [0, 0.1) is 0 Å². The van der Waals surface area contributed by atoms with Crippen LogP contribution < -0.4 is 0 Å². The third-order valence-corrected chi connectivity index (χ3v) is 6.45. The smallest absolute Gasteiger partial charge is 0.337 e. The molecule has 0 aromatic heterocycles. The first-order chi connectivity index (χ1) is 12.0. The Kier molecular flexibility index (Phi) is 5.20. The van der Waals surface area contributed by atoms with E-state index in [0.29, 0.717) is 13.0 Å². The van der Waals surface area contributed by atoms with Crippen molar-refractivity contribution >= 4 is 16.0 Å². The zero-order valence-electron chi connectivity index (χ0n) is 14.1. The summed E-state index contributed by atoms with van der Waals surface area (Å²) in [6.45, 7) is 0.502. The molecule has 0 radical (unpaired) electrons. The maximum atomic E-state index is 13.1. The minimum absolute atomic E-state index is 0.0609. The highest BCUT2D eigenvalue weighted by Gasteiger charge is 2.35. The van der Waals surface area contributed by atoms with Crippen molar-refractivity contribution in [1.29, 1.82) is 0 Å². The Bertz CT molecular complexity index is 849. The van der Waals surface area contributed by atoms with E-state index in [1.54, 1.807) is 16.4 Å². The van der Waals surface area contributed by atoms with E-state index in [9.17, 15) is 13.2 Å². The maximum absolute atomic E-state index is 13.1. The normalized spacial score (nSPS) is 18.2. The van der Waals surface area contributed by atoms with E-state index in [-0.39, 0.29) is 16.5 Å². The van der Waals surface area contributed by atoms with Crippen molar-refractivity contribution in [1.82, 2.24) is 4.31 Å². The lowest BCUT2D eigenvalue weighted by Crippen LogP contribution is -2.36. The van der Waals surface area contributed by atoms with Crippen LogP contribution in [0.1, 0.15) is 28.8 Å². The number of nitrogens with zero attached hydrogens (tertiary/aromatic N) is 1. The molecule has 0 aliphatic carbocycles. The molecule has 0 bridgehead atoms. The number of sulfonamides is 1. The Morgan fingerprint density at radius 2 is 1.92 bits per heavy atom. The molecule has 3 rings (SSSR count). The van der Waals surface area contributed by atoms with Crippen LogP contribution in [0.4, 0.5) is 0 Å². The van der Waals surface area contributed by atoms with Crippen molar-refractivity contribution < 1.29 is 17.9 Å². The maximum Gasteiger partial charge on any atom is 0.337 e. The van der Waals surface area contributed by atoms with Gasteiger partial charge < -0.3 is 4.74 Å². The van der Waals surface area contributed by atoms with Gasteiger partial charge in [-0.2, -0.15) is 4.31 Å². The van der Waals surface area contributed by atoms with Gasteiger partial charge in [0.15, 0.2) is 0 Å². The predicted octanol–water partition coefficient (Wildman–Crippen LogP) is 2.87. The van der Waals surface area contributed by atoms with E-state index >= 15 is 0 Å². The molecule has 1 saturated heterocycles. The summed E-state index contributed by atoms with van der Waals surface area (Å²) < 4.78 is 32.4. The van der Waals surface area contributed by atoms with Gasteiger partial charge in [0.25, 0.3) is 0 Å². The Labute approximate surface area is 148 Å². The first kappa shape index (κ1) is 17.6. The number of benzene rings is 2. The van der Waals surface area contributed by atoms with Crippen molar-refractivity contribution in [2.24, 2.45) is 0 Å². The van der Waals surface area contributed by atoms with Crippen molar-refractivity contribution in [3.05, 3.63) is 65.7 Å². The van der Waals surface area contributed by atoms with Crippen LogP contribution in [-0.2, 0) is 21.2 Å². The third kappa shape index (κ3) is 3.75. The fourth-order valence-corrected chi connectivity index (χ4v) is 4.99. The van der Waals surface area contributed by atoms with Gasteiger partial charge in [-0.05, 0) is 43.0 Å². The first-order valence-electron chi connectivity index (χ1n) is 8.26. The number of carbonyl (C=O) groups excluding carboxylic acids is 1. The second-order valence-electron chi connectivity index (χ2n) is 6.12. The average Bonchev–Trinajstić information content (AvgIpc) is 3.11. The van der Waals surface area contributed by atoms with Gasteiger partial charge in [-0.15, -0.1) is 0 Å². The molecular weight excluding hydrogens is 338 g/mol. The van der Waals surface area contributed by atoms with Gasteiger partial charge in [0.2, 0.25) is 10.0 Å². The number of hydrogen-bond acceptors (Lipinski definition) is 4. The average molecular weight is 359 g/mol. The van der Waals surface area contributed by atoms with Crippen molar-refractivity contribution in [3.8, 4) is 0 Å². The number of ether oxygens (including phenoxy) is 1. The SMILES string of the molecule is COC(=O)c1cccc(S(=O)(=O)N2CCC[C@H]2Cc2ccccc2)c1. The van der Waals surface area contributed by atoms with Gasteiger partial charge in [0.05, 0.1) is 17.6 Å². The topological polar surface area (TPSA) is 63.7 Å². The highest BCUT2D eigenvalue weighted by atomic mass is 32.2. The highest BCUT2D eigenvalue weighted by Crippen LogP contribution is 2.28. The van der Waals surface area contributed by atoms with E-state index in [2.05, 4.69) is 4.74 Å². The minimum atomic E-state index is -3.65. The van der Waals surface area contributed by atoms with Crippen LogP contribution in [0.15, 0.2) is 59.5 Å². The van der Waals surface area contributed by atoms with E-state index in [4.69, 9.17) is 0 Å². The summed E-state index contributed by atoms with van der Waals surface area (Å²) in [5.74, 6) is -0.542. The molecule has 0 N–H and O–H groups in total. The molecule has 1 heterocycles. The Morgan fingerprint density at radius 1 is 1.16 bits per heavy atom. The summed E-state index contributed by atoms with van der Waals surface area (Å²) in [7, 11) is -2.37. The summed E-state index contributed by atoms with van der Waals surface area (Å²) in [4.78, 5) is 11.8. The lowest BCUT2D eigenvalue weighted by molar-refractivity contribution is 0.0600. The third-order valence-electron chi connectivity index (χ3n) is 4.50. The Morgan fingerprint density at radius 3 is 2.64 bits per heavy atom. The molecule has 0 spiro atoms. The molecule has 2 aromatic rings. The molecule has 2 aromatic carbocycles. The molecule has 0 amide bonds. The quantitative estimate of drug-likeness (QED) is 0.770. The number of hydrogen-bond donors (Lipinski definition) is 0. The molecule has 132 valence electrons. The van der Waals surface area contributed by atoms with E-state index in [1.807, 2.05) is 30.3 Å². The standard InChI is InChI=1S/C19H21NO4S/c1-24-19(21)16-9-5-11-18(14-16)25(22,23)20-12-6-10-17(20)13-15-7-3-2-4-8-15/h2-5,7-9,11,14,17H,6,10,12-13H2,1H3/t17-/m0/s1. The molecule has 5 nitrogen and oxygen atoms in total. The fourth-order valence-electron chi connectivity index (χ4n) is 3.25. The number of carbonyl (C=O) groups is 1. The van der Waals surface area contributed by atoms with Gasteiger partial charge in [-0.3, -0.25) is 0 Å². The first-order valence-corrected chi connectivity index (χ1v) is 9.70. The monoisotopic (exact) mass is 359 g/mol. The second kappa shape index (κ2) is 7.37. The minimum Gasteiger partial charge on any atom is -0.465 e. The van der Waals surface area contributed by atoms with Crippen LogP contribution in [0.2, 0.25) is 0 Å². The molecule has 0 unspecified atom stereocenters. The summed E-state index contributed by atoms with van der Waals surface area (Å²) in [6.07, 6.45) is 2.37. The van der Waals surface area contributed by atoms with Gasteiger partial charge in [0.1, 0.15) is 0 Å². The van der Waals surface area contributed by atoms with Gasteiger partial charge in [0, 0.05) is 12.6 Å². The van der Waals surface area contributed by atoms with Crippen LogP contribution >= 0.6 is 0 Å². The summed E-state index contributed by atoms with van der Waals surface area (Å²) in [5, 5.41) is 0. The lowest BCUT2D eigenvalue weighted by atomic mass is 10.1. The van der Waals surface area contributed by atoms with E-state index in [1.165, 1.54) is 19.2 Å². The molecule has 25 heavy (non-hydrogen) atoms. The largest absolute Gasteiger partial charge is 0.465 e. The van der Waals surface area contributed by atoms with Crippen LogP contribution in [0.25, 0.3) is 0 Å². The van der Waals surface area contributed by atoms with Crippen LogP contribution in [0.5, 0.6) is 0 Å². The fraction of sp³-hybridized carbons (Fsp3) is 0.316. The summed E-state index contributed by atoms with van der Waals surface area (Å²) >= 11 is 0. The zero-order chi connectivity index (χ0) is 17.9. The van der Waals surface area contributed by atoms with Crippen LogP contribution in [-0.4, -0.2) is 38.4 Å². The summed E-state index contributed by atoms with van der Waals surface area (Å²) in [5.41, 5.74) is 1.36. The van der Waals surface area contributed by atoms with Crippen molar-refractivity contribution in [3.63, 3.8) is 0 Å². The van der Waals surface area contributed by atoms with Gasteiger partial charge in [-0.25, -0.2) is 13.2 Å². The molecule has 0 saturated carbocycles. The number of rotatable bonds is 5. The van der Waals surface area contributed by atoms with E-state index < -0.39 is 16.0 Å². The molecule has 1 atom stereocenters. The van der Waals surface area contributed by atoms with Gasteiger partial charge in [-0.1, -0.05) is 36.4 Å². The molecular formula is C19H21NO4S. The van der Waals surface area contributed by atoms with Crippen LogP contribution in [0.3, 0.4) is 0 Å². The molecule has 1 aliphatic heterocycles. The molecule has 6 heteroatoms. The second-order valence-corrected chi connectivity index (χ2v) is 8.01. The zero-order valence-corrected chi connectivity index (χ0v) is 14.9. The Hall–Kier alpha value is -2.18. The van der Waals surface area contributed by atoms with Crippen molar-refractivity contribution in [2.45, 2.75) is 30.2 Å². The van der Waals surface area contributed by atoms with Gasteiger partial charge >= 0.3 is 5.97 Å². The Balaban J connectivity index is 1.87. The van der Waals surface area contributed by atoms with Crippen molar-refractivity contribution in [2.75, 3.05) is 13.7 Å². The lowest BCUT2D eigenvalue weighted by Gasteiger charge is -2.24. The number of methoxy groups -OCH3 is 1. The van der Waals surface area contributed by atoms with E-state index in [0.717, 1.165) is 18.4 Å². The summed E-state index contributed by atoms with van der Waals surface area (Å²) in [6, 6.07) is 15.9.